The molecular formula is C28H36N2O5. The van der Waals surface area contributed by atoms with Crippen LogP contribution in [0.4, 0.5) is 4.79 Å². The minimum Gasteiger partial charge on any atom is -0.480 e. The van der Waals surface area contributed by atoms with Gasteiger partial charge in [-0.2, -0.15) is 0 Å². The lowest BCUT2D eigenvalue weighted by atomic mass is 9.96. The molecule has 0 radical (unpaired) electrons. The van der Waals surface area contributed by atoms with E-state index in [0.717, 1.165) is 12.8 Å². The molecule has 2 N–H and O–H groups in total. The van der Waals surface area contributed by atoms with E-state index in [1.807, 2.05) is 24.3 Å². The summed E-state index contributed by atoms with van der Waals surface area (Å²) in [7, 11) is 1.55. The van der Waals surface area contributed by atoms with Crippen molar-refractivity contribution in [1.29, 1.82) is 0 Å². The highest BCUT2D eigenvalue weighted by atomic mass is 16.5. The Bertz CT molecular complexity index is 992. The van der Waals surface area contributed by atoms with E-state index in [0.29, 0.717) is 25.8 Å². The van der Waals surface area contributed by atoms with E-state index in [4.69, 9.17) is 4.74 Å². The topological polar surface area (TPSA) is 95.9 Å². The number of alkyl carbamates (subject to hydrolysis) is 1. The Morgan fingerprint density at radius 2 is 1.57 bits per heavy atom. The molecule has 2 atom stereocenters. The van der Waals surface area contributed by atoms with Crippen molar-refractivity contribution >= 4 is 18.0 Å². The maximum Gasteiger partial charge on any atom is 0.407 e. The predicted molar refractivity (Wildman–Crippen MR) is 135 cm³/mol. The highest BCUT2D eigenvalue weighted by Gasteiger charge is 2.29. The van der Waals surface area contributed by atoms with E-state index in [1.165, 1.54) is 27.2 Å². The van der Waals surface area contributed by atoms with Crippen LogP contribution in [0, 0.1) is 5.92 Å². The monoisotopic (exact) mass is 480 g/mol. The first kappa shape index (κ1) is 26.3. The van der Waals surface area contributed by atoms with Crippen molar-refractivity contribution in [1.82, 2.24) is 10.2 Å². The van der Waals surface area contributed by atoms with E-state index >= 15 is 0 Å². The van der Waals surface area contributed by atoms with E-state index in [9.17, 15) is 19.5 Å². The third kappa shape index (κ3) is 6.41. The van der Waals surface area contributed by atoms with Crippen molar-refractivity contribution < 1.29 is 24.2 Å². The Kier molecular flexibility index (Phi) is 9.29. The number of hydrogen-bond donors (Lipinski definition) is 2. The molecule has 0 aromatic heterocycles. The lowest BCUT2D eigenvalue weighted by Crippen LogP contribution is -2.42. The minimum absolute atomic E-state index is 0.0253. The fraction of sp³-hybridized carbons (Fsp3) is 0.464. The van der Waals surface area contributed by atoms with Crippen LogP contribution in [0.2, 0.25) is 0 Å². The quantitative estimate of drug-likeness (QED) is 0.444. The van der Waals surface area contributed by atoms with E-state index in [1.54, 1.807) is 14.0 Å². The summed E-state index contributed by atoms with van der Waals surface area (Å²) in [6.45, 7) is 4.55. The number of fused-ring (bicyclic) bond motifs is 3. The van der Waals surface area contributed by atoms with Gasteiger partial charge in [-0.3, -0.25) is 4.79 Å². The first-order valence-electron chi connectivity index (χ1n) is 12.4. The maximum absolute atomic E-state index is 12.4. The molecule has 3 rings (SSSR count). The van der Waals surface area contributed by atoms with Gasteiger partial charge in [0.05, 0.1) is 0 Å². The number of carboxylic acid groups (broad SMARTS) is 1. The molecule has 2 unspecified atom stereocenters. The number of carboxylic acids is 1. The number of aliphatic carboxylic acids is 1. The van der Waals surface area contributed by atoms with Crippen LogP contribution in [0.15, 0.2) is 48.5 Å². The molecule has 2 aromatic carbocycles. The first-order valence-corrected chi connectivity index (χ1v) is 12.4. The van der Waals surface area contributed by atoms with Gasteiger partial charge in [-0.25, -0.2) is 9.59 Å². The van der Waals surface area contributed by atoms with Crippen molar-refractivity contribution in [3.63, 3.8) is 0 Å². The van der Waals surface area contributed by atoms with Gasteiger partial charge >= 0.3 is 12.1 Å². The molecule has 0 saturated heterocycles. The SMILES string of the molecule is CCC(CCNC(=O)OCC1c2ccccc2-c2ccccc21)CCC(=O)N(C)C(CC)C(=O)O. The summed E-state index contributed by atoms with van der Waals surface area (Å²) >= 11 is 0. The van der Waals surface area contributed by atoms with Crippen molar-refractivity contribution in [2.24, 2.45) is 5.92 Å². The van der Waals surface area contributed by atoms with Gasteiger partial charge in [0.2, 0.25) is 5.91 Å². The molecule has 0 saturated carbocycles. The van der Waals surface area contributed by atoms with Crippen LogP contribution in [0.5, 0.6) is 0 Å². The number of nitrogens with zero attached hydrogens (tertiary/aromatic N) is 1. The molecule has 188 valence electrons. The van der Waals surface area contributed by atoms with Crippen LogP contribution in [0.1, 0.15) is 63.0 Å². The molecule has 0 bridgehead atoms. The summed E-state index contributed by atoms with van der Waals surface area (Å²) in [5.74, 6) is -0.867. The van der Waals surface area contributed by atoms with Gasteiger partial charge in [0.1, 0.15) is 12.6 Å². The van der Waals surface area contributed by atoms with Crippen LogP contribution in [0.3, 0.4) is 0 Å². The number of benzene rings is 2. The van der Waals surface area contributed by atoms with E-state index in [-0.39, 0.29) is 24.3 Å². The summed E-state index contributed by atoms with van der Waals surface area (Å²) < 4.78 is 5.58. The molecule has 0 fully saturated rings. The third-order valence-corrected chi connectivity index (χ3v) is 7.04. The molecule has 35 heavy (non-hydrogen) atoms. The first-order chi connectivity index (χ1) is 16.9. The zero-order valence-corrected chi connectivity index (χ0v) is 20.8. The van der Waals surface area contributed by atoms with E-state index < -0.39 is 18.1 Å². The molecule has 1 aliphatic rings. The highest BCUT2D eigenvalue weighted by Crippen LogP contribution is 2.44. The fourth-order valence-corrected chi connectivity index (χ4v) is 4.87. The van der Waals surface area contributed by atoms with Crippen molar-refractivity contribution in [3.8, 4) is 11.1 Å². The molecule has 7 heteroatoms. The number of rotatable bonds is 12. The molecule has 1 aliphatic carbocycles. The van der Waals surface area contributed by atoms with Crippen LogP contribution in [-0.2, 0) is 14.3 Å². The third-order valence-electron chi connectivity index (χ3n) is 7.04. The number of hydrogen-bond acceptors (Lipinski definition) is 4. The zero-order valence-electron chi connectivity index (χ0n) is 20.8. The van der Waals surface area contributed by atoms with Crippen molar-refractivity contribution in [2.45, 2.75) is 57.9 Å². The van der Waals surface area contributed by atoms with Gasteiger partial charge in [-0.1, -0.05) is 68.8 Å². The molecule has 2 amide bonds. The second-order valence-corrected chi connectivity index (χ2v) is 9.12. The van der Waals surface area contributed by atoms with Crippen molar-refractivity contribution in [3.05, 3.63) is 59.7 Å². The Labute approximate surface area is 207 Å². The fourth-order valence-electron chi connectivity index (χ4n) is 4.87. The maximum atomic E-state index is 12.4. The number of carbonyl (C=O) groups excluding carboxylic acids is 2. The molecule has 2 aromatic rings. The molecule has 0 aliphatic heterocycles. The number of likely N-dealkylation sites (N-methyl/N-ethyl adjacent to an activating group) is 1. The average Bonchev–Trinajstić information content (AvgIpc) is 3.18. The number of amides is 2. The summed E-state index contributed by atoms with van der Waals surface area (Å²) in [6.07, 6.45) is 2.49. The van der Waals surface area contributed by atoms with Crippen molar-refractivity contribution in [2.75, 3.05) is 20.2 Å². The molecular weight excluding hydrogens is 444 g/mol. The van der Waals surface area contributed by atoms with Crippen LogP contribution in [-0.4, -0.2) is 54.2 Å². The second kappa shape index (κ2) is 12.4. The van der Waals surface area contributed by atoms with Gasteiger partial charge in [-0.05, 0) is 47.4 Å². The lowest BCUT2D eigenvalue weighted by molar-refractivity contribution is -0.149. The van der Waals surface area contributed by atoms with Gasteiger partial charge in [0.25, 0.3) is 0 Å². The summed E-state index contributed by atoms with van der Waals surface area (Å²) in [5, 5.41) is 12.1. The Hall–Kier alpha value is -3.35. The molecule has 0 spiro atoms. The number of nitrogens with one attached hydrogen (secondary N) is 1. The van der Waals surface area contributed by atoms with E-state index in [2.05, 4.69) is 36.5 Å². The smallest absolute Gasteiger partial charge is 0.407 e. The lowest BCUT2D eigenvalue weighted by Gasteiger charge is -2.24. The molecule has 7 nitrogen and oxygen atoms in total. The zero-order chi connectivity index (χ0) is 25.4. The standard InChI is InChI=1S/C28H36N2O5/c1-4-19(14-15-26(31)30(3)25(5-2)27(32)33)16-17-29-28(34)35-18-24-22-12-8-6-10-20(22)21-11-7-9-13-23(21)24/h6-13,19,24-25H,4-5,14-18H2,1-3H3,(H,29,34)(H,32,33). The summed E-state index contributed by atoms with van der Waals surface area (Å²) in [4.78, 5) is 37.4. The van der Waals surface area contributed by atoms with Crippen LogP contribution >= 0.6 is 0 Å². The van der Waals surface area contributed by atoms with Crippen LogP contribution < -0.4 is 5.32 Å². The highest BCUT2D eigenvalue weighted by molar-refractivity contribution is 5.83. The minimum atomic E-state index is -0.984. The van der Waals surface area contributed by atoms with Crippen LogP contribution in [0.25, 0.3) is 11.1 Å². The van der Waals surface area contributed by atoms with Gasteiger partial charge in [0, 0.05) is 25.9 Å². The summed E-state index contributed by atoms with van der Waals surface area (Å²) in [5.41, 5.74) is 4.74. The Morgan fingerprint density at radius 1 is 0.971 bits per heavy atom. The predicted octanol–water partition coefficient (Wildman–Crippen LogP) is 5.04. The second-order valence-electron chi connectivity index (χ2n) is 9.12. The van der Waals surface area contributed by atoms with Gasteiger partial charge < -0.3 is 20.1 Å². The summed E-state index contributed by atoms with van der Waals surface area (Å²) in [6, 6.07) is 15.7. The number of carbonyl (C=O) groups is 3. The Morgan fingerprint density at radius 3 is 2.11 bits per heavy atom. The van der Waals surface area contributed by atoms with Gasteiger partial charge in [-0.15, -0.1) is 0 Å². The average molecular weight is 481 g/mol. The molecule has 0 heterocycles. The largest absolute Gasteiger partial charge is 0.480 e. The normalized spacial score (nSPS) is 13.9. The Balaban J connectivity index is 1.43. The number of ether oxygens (including phenoxy) is 1. The van der Waals surface area contributed by atoms with Gasteiger partial charge in [0.15, 0.2) is 0 Å².